The normalized spacial score (nSPS) is 23.0. The summed E-state index contributed by atoms with van der Waals surface area (Å²) in [5.41, 5.74) is 0.907. The van der Waals surface area contributed by atoms with Crippen LogP contribution in [0.15, 0.2) is 18.2 Å². The van der Waals surface area contributed by atoms with Gasteiger partial charge >= 0.3 is 0 Å². The van der Waals surface area contributed by atoms with Crippen molar-refractivity contribution < 1.29 is 14.3 Å². The first-order chi connectivity index (χ1) is 10.3. The Morgan fingerprint density at radius 2 is 1.86 bits per heavy atom. The Balaban J connectivity index is 1.58. The van der Waals surface area contributed by atoms with Crippen LogP contribution in [-0.2, 0) is 10.2 Å². The molecular weight excluding hydrogens is 264 g/mol. The van der Waals surface area contributed by atoms with Crippen LogP contribution in [-0.4, -0.2) is 12.6 Å². The van der Waals surface area contributed by atoms with E-state index in [1.165, 1.54) is 25.7 Å². The second kappa shape index (κ2) is 5.04. The molecule has 0 unspecified atom stereocenters. The number of hydrogen-bond donors (Lipinski definition) is 0. The van der Waals surface area contributed by atoms with Gasteiger partial charge in [-0.25, -0.2) is 0 Å². The van der Waals surface area contributed by atoms with Gasteiger partial charge in [-0.3, -0.25) is 4.79 Å². The van der Waals surface area contributed by atoms with Crippen LogP contribution in [0, 0.1) is 5.92 Å². The van der Waals surface area contributed by atoms with Crippen LogP contribution in [0.5, 0.6) is 11.5 Å². The average Bonchev–Trinajstić information content (AvgIpc) is 3.07. The molecule has 1 aromatic rings. The van der Waals surface area contributed by atoms with E-state index in [1.54, 1.807) is 0 Å². The van der Waals surface area contributed by atoms with Crippen LogP contribution in [0.2, 0.25) is 0 Å². The number of carbonyl (C=O) groups is 1. The quantitative estimate of drug-likeness (QED) is 0.839. The molecular formula is C18H22O3. The highest BCUT2D eigenvalue weighted by atomic mass is 16.7. The topological polar surface area (TPSA) is 35.5 Å². The van der Waals surface area contributed by atoms with Crippen molar-refractivity contribution in [2.75, 3.05) is 6.79 Å². The van der Waals surface area contributed by atoms with Crippen molar-refractivity contribution >= 4 is 5.78 Å². The lowest BCUT2D eigenvalue weighted by Gasteiger charge is -2.41. The largest absolute Gasteiger partial charge is 0.454 e. The monoisotopic (exact) mass is 286 g/mol. The minimum atomic E-state index is -0.233. The number of carbonyl (C=O) groups excluding carboxylic acids is 1. The van der Waals surface area contributed by atoms with Crippen LogP contribution in [0.25, 0.3) is 0 Å². The summed E-state index contributed by atoms with van der Waals surface area (Å²) in [6.45, 7) is 0.293. The maximum Gasteiger partial charge on any atom is 0.231 e. The third kappa shape index (κ3) is 2.14. The smallest absolute Gasteiger partial charge is 0.231 e. The van der Waals surface area contributed by atoms with Gasteiger partial charge in [0.1, 0.15) is 5.78 Å². The first-order valence-corrected chi connectivity index (χ1v) is 8.21. The number of Topliss-reactive ketones (excluding diaryl/α,β-unsaturated/α-hetero) is 1. The van der Waals surface area contributed by atoms with Crippen LogP contribution in [0.4, 0.5) is 0 Å². The van der Waals surface area contributed by atoms with E-state index < -0.39 is 0 Å². The standard InChI is InChI=1S/C18H22O3/c19-17(10-13-4-1-2-5-13)18(8-3-9-18)14-6-7-15-16(11-14)21-12-20-15/h6-7,11,13H,1-5,8-10,12H2. The van der Waals surface area contributed by atoms with E-state index in [4.69, 9.17) is 9.47 Å². The third-order valence-electron chi connectivity index (χ3n) is 5.61. The van der Waals surface area contributed by atoms with Gasteiger partial charge < -0.3 is 9.47 Å². The molecule has 0 N–H and O–H groups in total. The minimum Gasteiger partial charge on any atom is -0.454 e. The number of hydrogen-bond acceptors (Lipinski definition) is 3. The van der Waals surface area contributed by atoms with Gasteiger partial charge in [0.2, 0.25) is 6.79 Å². The van der Waals surface area contributed by atoms with Gasteiger partial charge in [-0.2, -0.15) is 0 Å². The van der Waals surface area contributed by atoms with Gasteiger partial charge in [-0.1, -0.05) is 38.2 Å². The van der Waals surface area contributed by atoms with E-state index in [9.17, 15) is 4.79 Å². The Morgan fingerprint density at radius 1 is 1.10 bits per heavy atom. The Hall–Kier alpha value is -1.51. The van der Waals surface area contributed by atoms with E-state index in [1.807, 2.05) is 12.1 Å². The van der Waals surface area contributed by atoms with E-state index in [2.05, 4.69) is 6.07 Å². The summed E-state index contributed by atoms with van der Waals surface area (Å²) in [6.07, 6.45) is 9.01. The lowest BCUT2D eigenvalue weighted by Crippen LogP contribution is -2.43. The summed E-state index contributed by atoms with van der Waals surface area (Å²) in [4.78, 5) is 12.9. The lowest BCUT2D eigenvalue weighted by molar-refractivity contribution is -0.128. The summed E-state index contributed by atoms with van der Waals surface area (Å²) in [6, 6.07) is 6.06. The molecule has 3 aliphatic rings. The SMILES string of the molecule is O=C(CC1CCCC1)C1(c2ccc3c(c2)OCO3)CCC1. The highest BCUT2D eigenvalue weighted by Gasteiger charge is 2.46. The summed E-state index contributed by atoms with van der Waals surface area (Å²) in [7, 11) is 0. The minimum absolute atomic E-state index is 0.233. The number of ketones is 1. The van der Waals surface area contributed by atoms with Gasteiger partial charge in [0, 0.05) is 6.42 Å². The fraction of sp³-hybridized carbons (Fsp3) is 0.611. The van der Waals surface area contributed by atoms with Crippen molar-refractivity contribution in [2.24, 2.45) is 5.92 Å². The van der Waals surface area contributed by atoms with Gasteiger partial charge in [-0.15, -0.1) is 0 Å². The number of fused-ring (bicyclic) bond motifs is 1. The highest BCUT2D eigenvalue weighted by Crippen LogP contribution is 2.48. The summed E-state index contributed by atoms with van der Waals surface area (Å²) < 4.78 is 10.9. The van der Waals surface area contributed by atoms with Crippen molar-refractivity contribution in [3.8, 4) is 11.5 Å². The highest BCUT2D eigenvalue weighted by molar-refractivity contribution is 5.91. The van der Waals surface area contributed by atoms with Crippen LogP contribution < -0.4 is 9.47 Å². The van der Waals surface area contributed by atoms with Gasteiger partial charge in [0.05, 0.1) is 5.41 Å². The molecule has 21 heavy (non-hydrogen) atoms. The maximum atomic E-state index is 12.9. The Morgan fingerprint density at radius 3 is 2.57 bits per heavy atom. The lowest BCUT2D eigenvalue weighted by atomic mass is 9.60. The first-order valence-electron chi connectivity index (χ1n) is 8.21. The van der Waals surface area contributed by atoms with Crippen LogP contribution in [0.3, 0.4) is 0 Å². The fourth-order valence-electron chi connectivity index (χ4n) is 4.13. The second-order valence-corrected chi connectivity index (χ2v) is 6.78. The molecule has 0 bridgehead atoms. The van der Waals surface area contributed by atoms with E-state index in [0.29, 0.717) is 18.5 Å². The maximum absolute atomic E-state index is 12.9. The fourth-order valence-corrected chi connectivity index (χ4v) is 4.13. The Bertz CT molecular complexity index is 554. The predicted octanol–water partition coefficient (Wildman–Crippen LogP) is 3.99. The molecule has 112 valence electrons. The molecule has 2 saturated carbocycles. The van der Waals surface area contributed by atoms with E-state index in [0.717, 1.165) is 42.7 Å². The number of ether oxygens (including phenoxy) is 2. The second-order valence-electron chi connectivity index (χ2n) is 6.78. The van der Waals surface area contributed by atoms with Gasteiger partial charge in [0.15, 0.2) is 11.5 Å². The van der Waals surface area contributed by atoms with Crippen molar-refractivity contribution in [1.82, 2.24) is 0 Å². The Labute approximate surface area is 125 Å². The molecule has 0 spiro atoms. The van der Waals surface area contributed by atoms with Crippen LogP contribution in [0.1, 0.15) is 56.9 Å². The summed E-state index contributed by atoms with van der Waals surface area (Å²) >= 11 is 0. The van der Waals surface area contributed by atoms with Gasteiger partial charge in [0.25, 0.3) is 0 Å². The first kappa shape index (κ1) is 13.2. The molecule has 3 heteroatoms. The molecule has 3 nitrogen and oxygen atoms in total. The van der Waals surface area contributed by atoms with Gasteiger partial charge in [-0.05, 0) is 36.5 Å². The number of benzene rings is 1. The van der Waals surface area contributed by atoms with Crippen molar-refractivity contribution in [1.29, 1.82) is 0 Å². The molecule has 1 aromatic carbocycles. The Kier molecular flexibility index (Phi) is 3.16. The zero-order valence-corrected chi connectivity index (χ0v) is 12.4. The molecule has 0 atom stereocenters. The molecule has 0 amide bonds. The van der Waals surface area contributed by atoms with Crippen molar-refractivity contribution in [3.63, 3.8) is 0 Å². The summed E-state index contributed by atoms with van der Waals surface area (Å²) in [5.74, 6) is 2.69. The van der Waals surface area contributed by atoms with Crippen molar-refractivity contribution in [3.05, 3.63) is 23.8 Å². The van der Waals surface area contributed by atoms with Crippen LogP contribution >= 0.6 is 0 Å². The average molecular weight is 286 g/mol. The molecule has 4 rings (SSSR count). The van der Waals surface area contributed by atoms with E-state index in [-0.39, 0.29) is 5.41 Å². The molecule has 1 heterocycles. The molecule has 0 radical (unpaired) electrons. The molecule has 0 aromatic heterocycles. The zero-order valence-electron chi connectivity index (χ0n) is 12.4. The number of rotatable bonds is 4. The molecule has 2 aliphatic carbocycles. The van der Waals surface area contributed by atoms with Crippen molar-refractivity contribution in [2.45, 2.75) is 56.8 Å². The summed E-state index contributed by atoms with van der Waals surface area (Å²) in [5, 5.41) is 0. The zero-order chi connectivity index (χ0) is 14.3. The third-order valence-corrected chi connectivity index (χ3v) is 5.61. The molecule has 2 fully saturated rings. The van der Waals surface area contributed by atoms with E-state index >= 15 is 0 Å². The predicted molar refractivity (Wildman–Crippen MR) is 79.7 cm³/mol. The molecule has 0 saturated heterocycles. The molecule has 1 aliphatic heterocycles.